The first-order chi connectivity index (χ1) is 17.4. The van der Waals surface area contributed by atoms with Crippen LogP contribution < -0.4 is 5.32 Å². The summed E-state index contributed by atoms with van der Waals surface area (Å²) in [6.45, 7) is 8.19. The Morgan fingerprint density at radius 2 is 1.81 bits per heavy atom. The lowest BCUT2D eigenvalue weighted by Crippen LogP contribution is -2.11. The van der Waals surface area contributed by atoms with E-state index < -0.39 is 5.97 Å². The number of aromatic nitrogens is 5. The summed E-state index contributed by atoms with van der Waals surface area (Å²) >= 11 is 0. The second-order valence-corrected chi connectivity index (χ2v) is 8.59. The van der Waals surface area contributed by atoms with Gasteiger partial charge in [0.15, 0.2) is 11.6 Å². The van der Waals surface area contributed by atoms with Crippen LogP contribution in [0.4, 0.5) is 11.6 Å². The maximum atomic E-state index is 12.8. The van der Waals surface area contributed by atoms with Crippen molar-refractivity contribution in [3.63, 3.8) is 0 Å². The van der Waals surface area contributed by atoms with Gasteiger partial charge in [-0.2, -0.15) is 9.78 Å². The molecule has 0 amide bonds. The molecule has 5 aromatic rings. The van der Waals surface area contributed by atoms with Crippen LogP contribution in [0.1, 0.15) is 34.0 Å². The minimum Gasteiger partial charge on any atom is -0.462 e. The molecule has 0 radical (unpaired) electrons. The van der Waals surface area contributed by atoms with Gasteiger partial charge in [0.25, 0.3) is 0 Å². The number of rotatable bonds is 6. The minimum atomic E-state index is -0.479. The van der Waals surface area contributed by atoms with Crippen LogP contribution in [0, 0.1) is 20.8 Å². The zero-order valence-electron chi connectivity index (χ0n) is 20.6. The van der Waals surface area contributed by atoms with E-state index in [2.05, 4.69) is 39.4 Å². The molecule has 0 fully saturated rings. The van der Waals surface area contributed by atoms with Crippen molar-refractivity contribution in [2.45, 2.75) is 27.7 Å². The van der Waals surface area contributed by atoms with Crippen molar-refractivity contribution in [1.29, 1.82) is 0 Å². The molecule has 0 saturated heterocycles. The molecular formula is C28H26N6O2. The predicted molar refractivity (Wildman–Crippen MR) is 140 cm³/mol. The fourth-order valence-electron chi connectivity index (χ4n) is 4.25. The van der Waals surface area contributed by atoms with Crippen molar-refractivity contribution >= 4 is 28.5 Å². The van der Waals surface area contributed by atoms with Crippen LogP contribution in [-0.4, -0.2) is 37.3 Å². The third-order valence-corrected chi connectivity index (χ3v) is 5.91. The molecule has 2 aromatic carbocycles. The average Bonchev–Trinajstić information content (AvgIpc) is 3.29. The van der Waals surface area contributed by atoms with E-state index in [1.165, 1.54) is 18.1 Å². The number of hydrogen-bond donors (Lipinski definition) is 1. The first-order valence-electron chi connectivity index (χ1n) is 11.7. The van der Waals surface area contributed by atoms with Gasteiger partial charge in [-0.1, -0.05) is 42.0 Å². The third kappa shape index (κ3) is 4.40. The zero-order valence-corrected chi connectivity index (χ0v) is 20.6. The van der Waals surface area contributed by atoms with Crippen LogP contribution in [0.3, 0.4) is 0 Å². The molecule has 36 heavy (non-hydrogen) atoms. The first kappa shape index (κ1) is 23.2. The summed E-state index contributed by atoms with van der Waals surface area (Å²) in [5.41, 5.74) is 6.21. The van der Waals surface area contributed by atoms with Crippen LogP contribution in [-0.2, 0) is 4.74 Å². The van der Waals surface area contributed by atoms with Gasteiger partial charge in [-0.25, -0.2) is 19.7 Å². The number of nitrogens with one attached hydrogen (secondary N) is 1. The number of carbonyl (C=O) groups is 1. The monoisotopic (exact) mass is 478 g/mol. The molecular weight excluding hydrogens is 452 g/mol. The molecule has 0 unspecified atom stereocenters. The minimum absolute atomic E-state index is 0.251. The van der Waals surface area contributed by atoms with E-state index in [-0.39, 0.29) is 12.2 Å². The Bertz CT molecular complexity index is 1580. The van der Waals surface area contributed by atoms with Crippen LogP contribution >= 0.6 is 0 Å². The molecule has 0 spiro atoms. The van der Waals surface area contributed by atoms with E-state index in [0.717, 1.165) is 33.3 Å². The first-order valence-corrected chi connectivity index (χ1v) is 11.7. The molecule has 180 valence electrons. The quantitative estimate of drug-likeness (QED) is 0.312. The second kappa shape index (κ2) is 9.58. The Morgan fingerprint density at radius 1 is 1.00 bits per heavy atom. The SMILES string of the molecule is CCOC(=O)c1cnn(-c2cc(C)c3cc(C)cc(C)c3n2)c1Nc1cc(-c2ccccc2)ncn1. The standard InChI is InChI=1S/C28H26N6O2/c1-5-36-28(35)22-15-31-34(25-13-18(3)21-12-17(2)11-19(4)26(21)33-25)27(22)32-24-14-23(29-16-30-24)20-9-7-6-8-10-20/h6-16H,5H2,1-4H3,(H,29,30,32). The molecule has 0 aliphatic heterocycles. The lowest BCUT2D eigenvalue weighted by molar-refractivity contribution is 0.0527. The topological polar surface area (TPSA) is 94.8 Å². The number of esters is 1. The molecule has 3 heterocycles. The fraction of sp³-hybridized carbons (Fsp3) is 0.179. The van der Waals surface area contributed by atoms with Crippen molar-refractivity contribution in [3.8, 4) is 17.1 Å². The normalized spacial score (nSPS) is 11.0. The molecule has 0 saturated carbocycles. The van der Waals surface area contributed by atoms with Crippen LogP contribution in [0.15, 0.2) is 67.1 Å². The maximum Gasteiger partial charge on any atom is 0.343 e. The summed E-state index contributed by atoms with van der Waals surface area (Å²) in [6.07, 6.45) is 2.97. The smallest absolute Gasteiger partial charge is 0.343 e. The Morgan fingerprint density at radius 3 is 2.58 bits per heavy atom. The highest BCUT2D eigenvalue weighted by Gasteiger charge is 2.22. The summed E-state index contributed by atoms with van der Waals surface area (Å²) in [7, 11) is 0. The number of pyridine rings is 1. The van der Waals surface area contributed by atoms with Gasteiger partial charge < -0.3 is 10.1 Å². The molecule has 8 heteroatoms. The van der Waals surface area contributed by atoms with Gasteiger partial charge in [-0.15, -0.1) is 0 Å². The van der Waals surface area contributed by atoms with E-state index in [1.54, 1.807) is 11.6 Å². The molecule has 0 atom stereocenters. The van der Waals surface area contributed by atoms with Gasteiger partial charge in [0.1, 0.15) is 17.7 Å². The fourth-order valence-corrected chi connectivity index (χ4v) is 4.25. The number of hydrogen-bond acceptors (Lipinski definition) is 7. The highest BCUT2D eigenvalue weighted by Crippen LogP contribution is 2.29. The molecule has 3 aromatic heterocycles. The molecule has 8 nitrogen and oxygen atoms in total. The predicted octanol–water partition coefficient (Wildman–Crippen LogP) is 5.72. The van der Waals surface area contributed by atoms with E-state index in [9.17, 15) is 4.79 Å². The number of aryl methyl sites for hydroxylation is 3. The molecule has 5 rings (SSSR count). The van der Waals surface area contributed by atoms with Crippen molar-refractivity contribution in [2.24, 2.45) is 0 Å². The van der Waals surface area contributed by atoms with Crippen molar-refractivity contribution in [1.82, 2.24) is 24.7 Å². The molecule has 0 aliphatic rings. The van der Waals surface area contributed by atoms with E-state index in [0.29, 0.717) is 17.5 Å². The lowest BCUT2D eigenvalue weighted by Gasteiger charge is -2.14. The third-order valence-electron chi connectivity index (χ3n) is 5.91. The highest BCUT2D eigenvalue weighted by atomic mass is 16.5. The van der Waals surface area contributed by atoms with Gasteiger partial charge in [-0.05, 0) is 51.0 Å². The Balaban J connectivity index is 1.63. The van der Waals surface area contributed by atoms with Crippen molar-refractivity contribution in [3.05, 3.63) is 89.4 Å². The van der Waals surface area contributed by atoms with E-state index >= 15 is 0 Å². The van der Waals surface area contributed by atoms with Crippen molar-refractivity contribution < 1.29 is 9.53 Å². The molecule has 0 bridgehead atoms. The average molecular weight is 479 g/mol. The summed E-state index contributed by atoms with van der Waals surface area (Å²) < 4.78 is 6.90. The van der Waals surface area contributed by atoms with Crippen LogP contribution in [0.25, 0.3) is 28.0 Å². The molecule has 1 N–H and O–H groups in total. The van der Waals surface area contributed by atoms with Crippen LogP contribution in [0.2, 0.25) is 0 Å². The van der Waals surface area contributed by atoms with Gasteiger partial charge >= 0.3 is 5.97 Å². The summed E-state index contributed by atoms with van der Waals surface area (Å²) in [6, 6.07) is 17.8. The number of anilines is 2. The summed E-state index contributed by atoms with van der Waals surface area (Å²) in [5.74, 6) is 1.04. The summed E-state index contributed by atoms with van der Waals surface area (Å²) in [5, 5.41) is 8.87. The van der Waals surface area contributed by atoms with Gasteiger partial charge in [-0.3, -0.25) is 0 Å². The Hall–Kier alpha value is -4.59. The number of benzene rings is 2. The van der Waals surface area contributed by atoms with E-state index in [4.69, 9.17) is 9.72 Å². The summed E-state index contributed by atoms with van der Waals surface area (Å²) in [4.78, 5) is 26.5. The van der Waals surface area contributed by atoms with Gasteiger partial charge in [0.2, 0.25) is 0 Å². The Labute approximate surface area is 209 Å². The number of nitrogens with zero attached hydrogens (tertiary/aromatic N) is 5. The Kier molecular flexibility index (Phi) is 6.16. The van der Waals surface area contributed by atoms with Gasteiger partial charge in [0.05, 0.1) is 24.0 Å². The van der Waals surface area contributed by atoms with Crippen molar-refractivity contribution in [2.75, 3.05) is 11.9 Å². The second-order valence-electron chi connectivity index (χ2n) is 8.59. The van der Waals surface area contributed by atoms with E-state index in [1.807, 2.05) is 56.3 Å². The number of fused-ring (bicyclic) bond motifs is 1. The van der Waals surface area contributed by atoms with Crippen LogP contribution in [0.5, 0.6) is 0 Å². The lowest BCUT2D eigenvalue weighted by atomic mass is 10.0. The highest BCUT2D eigenvalue weighted by molar-refractivity contribution is 5.96. The number of ether oxygens (including phenoxy) is 1. The number of carbonyl (C=O) groups excluding carboxylic acids is 1. The van der Waals surface area contributed by atoms with Gasteiger partial charge in [0, 0.05) is 17.0 Å². The zero-order chi connectivity index (χ0) is 25.2. The maximum absolute atomic E-state index is 12.8. The largest absolute Gasteiger partial charge is 0.462 e. The molecule has 0 aliphatic carbocycles.